The summed E-state index contributed by atoms with van der Waals surface area (Å²) in [6, 6.07) is 8.43. The molecule has 0 saturated heterocycles. The number of halogens is 1. The molecule has 0 fully saturated rings. The maximum Gasteiger partial charge on any atom is 0.148 e. The molecule has 1 heterocycles. The Morgan fingerprint density at radius 1 is 1.29 bits per heavy atom. The third-order valence-corrected chi connectivity index (χ3v) is 3.58. The molecule has 17 heavy (non-hydrogen) atoms. The molecule has 2 aromatic rings. The molecule has 0 aliphatic carbocycles. The maximum atomic E-state index is 5.97. The summed E-state index contributed by atoms with van der Waals surface area (Å²) in [7, 11) is 1.97. The summed E-state index contributed by atoms with van der Waals surface area (Å²) in [4.78, 5) is 0. The van der Waals surface area contributed by atoms with Gasteiger partial charge in [-0.2, -0.15) is 0 Å². The third kappa shape index (κ3) is 2.40. The van der Waals surface area contributed by atoms with Crippen LogP contribution in [0.3, 0.4) is 0 Å². The molecule has 1 aromatic heterocycles. The maximum absolute atomic E-state index is 5.97. The van der Waals surface area contributed by atoms with Crippen molar-refractivity contribution in [3.05, 3.63) is 34.5 Å². The molecule has 0 spiro atoms. The summed E-state index contributed by atoms with van der Waals surface area (Å²) in [6.07, 6.45) is 0. The van der Waals surface area contributed by atoms with E-state index in [0.29, 0.717) is 0 Å². The molecule has 0 aliphatic heterocycles. The van der Waals surface area contributed by atoms with Crippen molar-refractivity contribution in [3.63, 3.8) is 0 Å². The predicted molar refractivity (Wildman–Crippen MR) is 75.2 cm³/mol. The van der Waals surface area contributed by atoms with E-state index in [-0.39, 0.29) is 11.5 Å². The minimum atomic E-state index is 0.120. The lowest BCUT2D eigenvalue weighted by Crippen LogP contribution is -2.29. The quantitative estimate of drug-likeness (QED) is 0.882. The van der Waals surface area contributed by atoms with Crippen LogP contribution in [-0.4, -0.2) is 7.05 Å². The number of nitrogens with one attached hydrogen (secondary N) is 1. The van der Waals surface area contributed by atoms with E-state index in [0.717, 1.165) is 21.2 Å². The van der Waals surface area contributed by atoms with Gasteiger partial charge in [0.05, 0.1) is 10.5 Å². The molecule has 0 amide bonds. The molecule has 1 unspecified atom stereocenters. The fourth-order valence-corrected chi connectivity index (χ4v) is 2.65. The average Bonchev–Trinajstić information content (AvgIpc) is 2.61. The van der Waals surface area contributed by atoms with Gasteiger partial charge in [-0.25, -0.2) is 0 Å². The number of benzene rings is 1. The minimum absolute atomic E-state index is 0.120. The van der Waals surface area contributed by atoms with E-state index in [9.17, 15) is 0 Å². The first-order valence-corrected chi connectivity index (χ1v) is 6.58. The lowest BCUT2D eigenvalue weighted by molar-refractivity contribution is 0.253. The smallest absolute Gasteiger partial charge is 0.148 e. The van der Waals surface area contributed by atoms with E-state index in [1.807, 2.05) is 19.2 Å². The van der Waals surface area contributed by atoms with Crippen LogP contribution in [0.2, 0.25) is 0 Å². The Balaban J connectivity index is 2.52. The number of para-hydroxylation sites is 1. The van der Waals surface area contributed by atoms with Gasteiger partial charge in [0.25, 0.3) is 0 Å². The summed E-state index contributed by atoms with van der Waals surface area (Å²) >= 11 is 3.52. The summed E-state index contributed by atoms with van der Waals surface area (Å²) < 4.78 is 6.97. The van der Waals surface area contributed by atoms with Gasteiger partial charge < -0.3 is 9.73 Å². The molecule has 1 aromatic carbocycles. The second-order valence-electron chi connectivity index (χ2n) is 5.39. The lowest BCUT2D eigenvalue weighted by Gasteiger charge is -2.28. The van der Waals surface area contributed by atoms with Crippen molar-refractivity contribution in [3.8, 4) is 0 Å². The summed E-state index contributed by atoms with van der Waals surface area (Å²) in [5.41, 5.74) is 1.04. The summed E-state index contributed by atoms with van der Waals surface area (Å²) in [5, 5.41) is 4.47. The number of hydrogen-bond donors (Lipinski definition) is 1. The van der Waals surface area contributed by atoms with Gasteiger partial charge in [0.15, 0.2) is 0 Å². The highest BCUT2D eigenvalue weighted by Crippen LogP contribution is 2.36. The van der Waals surface area contributed by atoms with Gasteiger partial charge in [-0.05, 0) is 40.5 Å². The van der Waals surface area contributed by atoms with E-state index in [4.69, 9.17) is 4.42 Å². The fraction of sp³-hybridized carbons (Fsp3) is 0.429. The van der Waals surface area contributed by atoms with Crippen LogP contribution < -0.4 is 5.32 Å². The van der Waals surface area contributed by atoms with Crippen LogP contribution in [0.1, 0.15) is 32.6 Å². The van der Waals surface area contributed by atoms with Crippen molar-refractivity contribution in [1.82, 2.24) is 5.32 Å². The van der Waals surface area contributed by atoms with Gasteiger partial charge in [0, 0.05) is 5.39 Å². The number of rotatable bonds is 2. The Morgan fingerprint density at radius 2 is 2.00 bits per heavy atom. The van der Waals surface area contributed by atoms with Crippen LogP contribution in [0.5, 0.6) is 0 Å². The van der Waals surface area contributed by atoms with Gasteiger partial charge in [0.2, 0.25) is 0 Å². The first-order chi connectivity index (χ1) is 7.93. The van der Waals surface area contributed by atoms with E-state index in [1.54, 1.807) is 0 Å². The monoisotopic (exact) mass is 295 g/mol. The molecule has 0 bridgehead atoms. The Morgan fingerprint density at radius 3 is 2.53 bits per heavy atom. The molecular weight excluding hydrogens is 278 g/mol. The van der Waals surface area contributed by atoms with Crippen molar-refractivity contribution >= 4 is 26.9 Å². The van der Waals surface area contributed by atoms with Crippen LogP contribution in [0.15, 0.2) is 33.2 Å². The molecule has 2 nitrogen and oxygen atoms in total. The SMILES string of the molecule is CNC(c1cc2cccc(Br)c2o1)C(C)(C)C. The van der Waals surface area contributed by atoms with Crippen molar-refractivity contribution in [2.45, 2.75) is 26.8 Å². The standard InChI is InChI=1S/C14H18BrNO/c1-14(2,3)13(16-4)11-8-9-6-5-7-10(15)12(9)17-11/h5-8,13,16H,1-4H3. The third-order valence-electron chi connectivity index (χ3n) is 2.95. The zero-order valence-corrected chi connectivity index (χ0v) is 12.3. The average molecular weight is 296 g/mol. The van der Waals surface area contributed by atoms with Crippen molar-refractivity contribution in [2.75, 3.05) is 7.05 Å². The van der Waals surface area contributed by atoms with Gasteiger partial charge >= 0.3 is 0 Å². The highest BCUT2D eigenvalue weighted by atomic mass is 79.9. The molecule has 1 atom stereocenters. The summed E-state index contributed by atoms with van der Waals surface area (Å²) in [6.45, 7) is 6.61. The van der Waals surface area contributed by atoms with Crippen molar-refractivity contribution in [1.29, 1.82) is 0 Å². The van der Waals surface area contributed by atoms with Gasteiger partial charge in [-0.3, -0.25) is 0 Å². The Bertz CT molecular complexity index is 524. The Labute approximate surface area is 111 Å². The van der Waals surface area contributed by atoms with Crippen LogP contribution in [-0.2, 0) is 0 Å². The first kappa shape index (κ1) is 12.7. The molecule has 0 saturated carbocycles. The van der Waals surface area contributed by atoms with E-state index in [2.05, 4.69) is 54.2 Å². The topological polar surface area (TPSA) is 25.2 Å². The number of furan rings is 1. The highest BCUT2D eigenvalue weighted by molar-refractivity contribution is 9.10. The van der Waals surface area contributed by atoms with Crippen LogP contribution in [0.4, 0.5) is 0 Å². The molecule has 92 valence electrons. The predicted octanol–water partition coefficient (Wildman–Crippen LogP) is 4.50. The molecule has 1 N–H and O–H groups in total. The van der Waals surface area contributed by atoms with E-state index in [1.165, 1.54) is 0 Å². The summed E-state index contributed by atoms with van der Waals surface area (Å²) in [5.74, 6) is 0.988. The molecule has 0 radical (unpaired) electrons. The van der Waals surface area contributed by atoms with Gasteiger partial charge in [0.1, 0.15) is 11.3 Å². The Kier molecular flexibility index (Phi) is 3.32. The zero-order chi connectivity index (χ0) is 12.6. The van der Waals surface area contributed by atoms with E-state index < -0.39 is 0 Å². The largest absolute Gasteiger partial charge is 0.458 e. The second-order valence-corrected chi connectivity index (χ2v) is 6.25. The lowest BCUT2D eigenvalue weighted by atomic mass is 9.85. The van der Waals surface area contributed by atoms with Crippen LogP contribution >= 0.6 is 15.9 Å². The van der Waals surface area contributed by atoms with Crippen molar-refractivity contribution < 1.29 is 4.42 Å². The van der Waals surface area contributed by atoms with E-state index >= 15 is 0 Å². The van der Waals surface area contributed by atoms with Crippen molar-refractivity contribution in [2.24, 2.45) is 5.41 Å². The first-order valence-electron chi connectivity index (χ1n) is 5.78. The van der Waals surface area contributed by atoms with Gasteiger partial charge in [-0.15, -0.1) is 0 Å². The number of hydrogen-bond acceptors (Lipinski definition) is 2. The molecular formula is C14H18BrNO. The second kappa shape index (κ2) is 4.46. The fourth-order valence-electron chi connectivity index (χ4n) is 2.19. The number of fused-ring (bicyclic) bond motifs is 1. The molecule has 3 heteroatoms. The Hall–Kier alpha value is -0.800. The van der Waals surface area contributed by atoms with Crippen LogP contribution in [0.25, 0.3) is 11.0 Å². The molecule has 0 aliphatic rings. The normalized spacial score (nSPS) is 14.2. The highest BCUT2D eigenvalue weighted by Gasteiger charge is 2.27. The van der Waals surface area contributed by atoms with Gasteiger partial charge in [-0.1, -0.05) is 32.9 Å². The zero-order valence-electron chi connectivity index (χ0n) is 10.7. The molecule has 2 rings (SSSR count). The van der Waals surface area contributed by atoms with Crippen LogP contribution in [0, 0.1) is 5.41 Å². The minimum Gasteiger partial charge on any atom is -0.458 e.